The van der Waals surface area contributed by atoms with Crippen LogP contribution in [0.25, 0.3) is 0 Å². The lowest BCUT2D eigenvalue weighted by atomic mass is 9.22. The lowest BCUT2D eigenvalue weighted by Crippen LogP contribution is -2.90. The molecule has 5 heteroatoms. The molecule has 0 aromatic heterocycles. The number of fused-ring (bicyclic) bond motifs is 2. The van der Waals surface area contributed by atoms with Crippen LogP contribution in [-0.2, 0) is 9.59 Å². The van der Waals surface area contributed by atoms with E-state index in [1.165, 1.54) is 0 Å². The average molecular weight is 381 g/mol. The highest BCUT2D eigenvalue weighted by molar-refractivity contribution is 6.38. The van der Waals surface area contributed by atoms with E-state index in [-0.39, 0.29) is 18.1 Å². The lowest BCUT2D eigenvalue weighted by Gasteiger charge is -2.82. The van der Waals surface area contributed by atoms with Crippen LogP contribution in [0.1, 0.15) is 59.8 Å². The molecule has 0 saturated heterocycles. The van der Waals surface area contributed by atoms with E-state index in [0.717, 1.165) is 12.8 Å². The summed E-state index contributed by atoms with van der Waals surface area (Å²) in [6.45, 7) is 11.6. The van der Waals surface area contributed by atoms with Crippen molar-refractivity contribution in [3.05, 3.63) is 12.7 Å². The molecule has 4 fully saturated rings. The number of rotatable bonds is 2. The fraction of sp³-hybridized carbons (Fsp3) is 0.810. The summed E-state index contributed by atoms with van der Waals surface area (Å²) in [6.07, 6.45) is 4.56. The van der Waals surface area contributed by atoms with Crippen molar-refractivity contribution in [1.29, 1.82) is 0 Å². The van der Waals surface area contributed by atoms with Gasteiger partial charge in [-0.2, -0.15) is 0 Å². The van der Waals surface area contributed by atoms with Gasteiger partial charge in [0.25, 0.3) is 0 Å². The minimum Gasteiger partial charge on any atom is -0.481 e. The van der Waals surface area contributed by atoms with Gasteiger partial charge in [-0.05, 0) is 37.5 Å². The van der Waals surface area contributed by atoms with Crippen molar-refractivity contribution in [3.8, 4) is 0 Å². The number of hydrogen-bond donors (Lipinski definition) is 2. The summed E-state index contributed by atoms with van der Waals surface area (Å²) in [5.41, 5.74) is -5.21. The average Bonchev–Trinajstić information content (AvgIpc) is 2.87. The molecular weight excluding hydrogens is 352 g/mol. The highest BCUT2D eigenvalue weighted by Crippen LogP contribution is 2.87. The van der Waals surface area contributed by atoms with Crippen LogP contribution in [-0.4, -0.2) is 32.4 Å². The number of halogens is 1. The molecule has 2 N–H and O–H groups in total. The zero-order valence-electron chi connectivity index (χ0n) is 16.1. The number of carbonyl (C=O) groups is 2. The number of alkyl halides is 1. The second kappa shape index (κ2) is 4.57. The van der Waals surface area contributed by atoms with Crippen molar-refractivity contribution in [2.45, 2.75) is 70.3 Å². The van der Waals surface area contributed by atoms with Crippen LogP contribution in [0, 0.1) is 33.5 Å². The number of hydrogen-bond acceptors (Lipinski definition) is 3. The van der Waals surface area contributed by atoms with Crippen molar-refractivity contribution >= 4 is 23.4 Å². The maximum atomic E-state index is 13.2. The maximum Gasteiger partial charge on any atom is 0.313 e. The molecule has 5 unspecified atom stereocenters. The number of carbonyl (C=O) groups excluding carboxylic acids is 1. The second-order valence-corrected chi connectivity index (χ2v) is 10.4. The smallest absolute Gasteiger partial charge is 0.313 e. The Kier molecular flexibility index (Phi) is 3.25. The van der Waals surface area contributed by atoms with Crippen LogP contribution >= 0.6 is 11.6 Å². The molecule has 26 heavy (non-hydrogen) atoms. The molecule has 4 rings (SSSR count). The summed E-state index contributed by atoms with van der Waals surface area (Å²) in [7, 11) is 0. The maximum absolute atomic E-state index is 13.2. The Hall–Kier alpha value is -0.870. The van der Waals surface area contributed by atoms with Gasteiger partial charge in [0, 0.05) is 22.7 Å². The van der Waals surface area contributed by atoms with E-state index in [1.807, 2.05) is 27.7 Å². The molecule has 144 valence electrons. The molecule has 0 aromatic carbocycles. The van der Waals surface area contributed by atoms with Gasteiger partial charge in [0.1, 0.15) is 10.3 Å². The Morgan fingerprint density at radius 1 is 1.31 bits per heavy atom. The minimum absolute atomic E-state index is 0.0325. The molecule has 0 spiro atoms. The topological polar surface area (TPSA) is 74.6 Å². The largest absolute Gasteiger partial charge is 0.481 e. The van der Waals surface area contributed by atoms with Gasteiger partial charge in [0.2, 0.25) is 0 Å². The van der Waals surface area contributed by atoms with E-state index in [1.54, 1.807) is 6.08 Å². The van der Waals surface area contributed by atoms with Gasteiger partial charge in [0.15, 0.2) is 5.78 Å². The predicted octanol–water partition coefficient (Wildman–Crippen LogP) is 3.80. The molecule has 8 atom stereocenters. The molecule has 0 radical (unpaired) electrons. The quantitative estimate of drug-likeness (QED) is 0.564. The molecule has 2 bridgehead atoms. The molecule has 0 aliphatic heterocycles. The third-order valence-electron chi connectivity index (χ3n) is 9.90. The second-order valence-electron chi connectivity index (χ2n) is 9.88. The van der Waals surface area contributed by atoms with Gasteiger partial charge < -0.3 is 10.2 Å². The Balaban J connectivity index is 2.13. The van der Waals surface area contributed by atoms with Crippen molar-refractivity contribution in [1.82, 2.24) is 0 Å². The van der Waals surface area contributed by atoms with Crippen LogP contribution in [0.2, 0.25) is 0 Å². The van der Waals surface area contributed by atoms with Crippen molar-refractivity contribution in [3.63, 3.8) is 0 Å². The van der Waals surface area contributed by atoms with E-state index in [4.69, 9.17) is 11.6 Å². The van der Waals surface area contributed by atoms with E-state index in [2.05, 4.69) is 6.58 Å². The standard InChI is InChI=1S/C21H29ClO4/c1-6-16(4)11-19(15(24)25)17(5)12(2)7-9-18(13(3)21(16,19)26)10-8-14(23)20(17,18)22/h6,12-13,26H,1,7-11H2,2-5H3,(H,24,25)/t12?,13?,16-,17?,18?,19-,20?,21-/m1/s1. The number of carboxylic acids is 1. The number of ketones is 1. The lowest BCUT2D eigenvalue weighted by molar-refractivity contribution is -0.373. The van der Waals surface area contributed by atoms with Gasteiger partial charge in [-0.3, -0.25) is 9.59 Å². The van der Waals surface area contributed by atoms with Crippen LogP contribution in [0.3, 0.4) is 0 Å². The van der Waals surface area contributed by atoms with Gasteiger partial charge in [-0.1, -0.05) is 33.8 Å². The molecular formula is C21H29ClO4. The first kappa shape index (κ1) is 18.5. The van der Waals surface area contributed by atoms with Gasteiger partial charge >= 0.3 is 5.97 Å². The predicted molar refractivity (Wildman–Crippen MR) is 98.9 cm³/mol. The number of aliphatic hydroxyl groups is 1. The molecule has 0 aromatic rings. The fourth-order valence-corrected chi connectivity index (χ4v) is 9.14. The zero-order chi connectivity index (χ0) is 19.6. The molecule has 0 amide bonds. The monoisotopic (exact) mass is 380 g/mol. The van der Waals surface area contributed by atoms with Gasteiger partial charge in [0.05, 0.1) is 5.60 Å². The van der Waals surface area contributed by atoms with Crippen LogP contribution in [0.15, 0.2) is 12.7 Å². The highest BCUT2D eigenvalue weighted by Gasteiger charge is 2.93. The van der Waals surface area contributed by atoms with E-state index < -0.39 is 44.0 Å². The molecule has 4 aliphatic carbocycles. The Labute approximate surface area is 160 Å². The van der Waals surface area contributed by atoms with Crippen LogP contribution < -0.4 is 0 Å². The molecule has 4 saturated carbocycles. The third-order valence-corrected chi connectivity index (χ3v) is 10.9. The van der Waals surface area contributed by atoms with Crippen LogP contribution in [0.4, 0.5) is 0 Å². The molecule has 4 nitrogen and oxygen atoms in total. The first-order valence-electron chi connectivity index (χ1n) is 9.69. The first-order chi connectivity index (χ1) is 11.9. The summed E-state index contributed by atoms with van der Waals surface area (Å²) in [5.74, 6) is -1.53. The number of aliphatic carboxylic acids is 1. The van der Waals surface area contributed by atoms with Crippen molar-refractivity contribution < 1.29 is 19.8 Å². The van der Waals surface area contributed by atoms with Gasteiger partial charge in [-0.15, -0.1) is 18.2 Å². The third kappa shape index (κ3) is 1.25. The summed E-state index contributed by atoms with van der Waals surface area (Å²) in [6, 6.07) is 0. The van der Waals surface area contributed by atoms with E-state index in [9.17, 15) is 19.8 Å². The number of carboxylic acid groups (broad SMARTS) is 1. The first-order valence-corrected chi connectivity index (χ1v) is 10.1. The van der Waals surface area contributed by atoms with E-state index in [0.29, 0.717) is 12.8 Å². The van der Waals surface area contributed by atoms with E-state index >= 15 is 0 Å². The minimum atomic E-state index is -1.47. The highest BCUT2D eigenvalue weighted by atomic mass is 35.5. The molecule has 0 heterocycles. The summed E-state index contributed by atoms with van der Waals surface area (Å²) in [5, 5.41) is 22.6. The molecule has 4 aliphatic rings. The summed E-state index contributed by atoms with van der Waals surface area (Å²) in [4.78, 5) is 24.8. The summed E-state index contributed by atoms with van der Waals surface area (Å²) < 4.78 is 0. The Morgan fingerprint density at radius 2 is 1.92 bits per heavy atom. The Bertz CT molecular complexity index is 750. The van der Waals surface area contributed by atoms with Crippen molar-refractivity contribution in [2.24, 2.45) is 33.5 Å². The normalized spacial score (nSPS) is 60.6. The zero-order valence-corrected chi connectivity index (χ0v) is 16.8. The summed E-state index contributed by atoms with van der Waals surface area (Å²) >= 11 is 7.29. The SMILES string of the molecule is C=C[C@]1(C)C[C@@]2(C(=O)O)C3(C)C(C)CCC4(CCC(=O)C43Cl)C(C)[C@@]12O. The fourth-order valence-electron chi connectivity index (χ4n) is 8.34. The number of Topliss-reactive ketones (excluding diaryl/α,β-unsaturated/α-hetero) is 1. The van der Waals surface area contributed by atoms with Crippen LogP contribution in [0.5, 0.6) is 0 Å². The van der Waals surface area contributed by atoms with Crippen molar-refractivity contribution in [2.75, 3.05) is 0 Å². The Morgan fingerprint density at radius 3 is 2.46 bits per heavy atom. The van der Waals surface area contributed by atoms with Gasteiger partial charge in [-0.25, -0.2) is 0 Å².